The predicted octanol–water partition coefficient (Wildman–Crippen LogP) is 2.41. The van der Waals surface area contributed by atoms with Crippen LogP contribution in [-0.4, -0.2) is 25.0 Å². The Morgan fingerprint density at radius 1 is 1.19 bits per heavy atom. The minimum atomic E-state index is -0.626. The third kappa shape index (κ3) is 4.45. The highest BCUT2D eigenvalue weighted by Gasteiger charge is 2.36. The zero-order valence-electron chi connectivity index (χ0n) is 15.5. The van der Waals surface area contributed by atoms with Crippen LogP contribution >= 0.6 is 0 Å². The van der Waals surface area contributed by atoms with Gasteiger partial charge in [0.2, 0.25) is 0 Å². The van der Waals surface area contributed by atoms with Gasteiger partial charge < -0.3 is 14.5 Å². The Morgan fingerprint density at radius 3 is 2.52 bits per heavy atom. The average molecular weight is 369 g/mol. The molecule has 2 aromatic rings. The lowest BCUT2D eigenvalue weighted by atomic mass is 9.80. The predicted molar refractivity (Wildman–Crippen MR) is 99.6 cm³/mol. The van der Waals surface area contributed by atoms with Gasteiger partial charge in [-0.25, -0.2) is 4.79 Å². The summed E-state index contributed by atoms with van der Waals surface area (Å²) in [7, 11) is 1.35. The van der Waals surface area contributed by atoms with Crippen molar-refractivity contribution >= 4 is 11.9 Å². The van der Waals surface area contributed by atoms with E-state index >= 15 is 0 Å². The van der Waals surface area contributed by atoms with Gasteiger partial charge in [0.25, 0.3) is 5.91 Å². The SMILES string of the molecule is COC(=O)C1CC(NC(=O)c2c(C)cc(CCc3ccccc3)oc2=O)C1. The molecule has 1 saturated carbocycles. The fraction of sp³-hybridized carbons (Fsp3) is 0.381. The number of methoxy groups -OCH3 is 1. The summed E-state index contributed by atoms with van der Waals surface area (Å²) in [4.78, 5) is 36.2. The number of nitrogens with one attached hydrogen (secondary N) is 1. The van der Waals surface area contributed by atoms with Gasteiger partial charge in [0.15, 0.2) is 0 Å². The molecule has 1 aliphatic rings. The number of ether oxygens (including phenoxy) is 1. The first-order chi connectivity index (χ1) is 13.0. The fourth-order valence-electron chi connectivity index (χ4n) is 3.33. The topological polar surface area (TPSA) is 85.6 Å². The largest absolute Gasteiger partial charge is 0.469 e. The molecule has 1 aromatic heterocycles. The number of carbonyl (C=O) groups is 2. The van der Waals surface area contributed by atoms with E-state index in [4.69, 9.17) is 4.42 Å². The van der Waals surface area contributed by atoms with Gasteiger partial charge in [-0.2, -0.15) is 0 Å². The van der Waals surface area contributed by atoms with Crippen molar-refractivity contribution in [1.29, 1.82) is 0 Å². The van der Waals surface area contributed by atoms with E-state index in [-0.39, 0.29) is 23.5 Å². The van der Waals surface area contributed by atoms with Crippen LogP contribution < -0.4 is 10.9 Å². The molecule has 3 rings (SSSR count). The number of benzene rings is 1. The Hall–Kier alpha value is -2.89. The molecule has 0 bridgehead atoms. The molecular formula is C21H23NO5. The lowest BCUT2D eigenvalue weighted by molar-refractivity contribution is -0.149. The second-order valence-electron chi connectivity index (χ2n) is 6.91. The summed E-state index contributed by atoms with van der Waals surface area (Å²) in [5.41, 5.74) is 1.15. The van der Waals surface area contributed by atoms with Gasteiger partial charge >= 0.3 is 11.6 Å². The smallest absolute Gasteiger partial charge is 0.349 e. The van der Waals surface area contributed by atoms with Gasteiger partial charge in [0.1, 0.15) is 11.3 Å². The molecule has 1 aliphatic carbocycles. The summed E-state index contributed by atoms with van der Waals surface area (Å²) >= 11 is 0. The molecule has 1 N–H and O–H groups in total. The molecule has 0 saturated heterocycles. The van der Waals surface area contributed by atoms with Crippen LogP contribution in [0.4, 0.5) is 0 Å². The van der Waals surface area contributed by atoms with Crippen molar-refractivity contribution in [3.63, 3.8) is 0 Å². The quantitative estimate of drug-likeness (QED) is 0.791. The number of hydrogen-bond donors (Lipinski definition) is 1. The van der Waals surface area contributed by atoms with Crippen LogP contribution in [0.25, 0.3) is 0 Å². The summed E-state index contributed by atoms with van der Waals surface area (Å²) in [6, 6.07) is 11.6. The Balaban J connectivity index is 1.62. The van der Waals surface area contributed by atoms with E-state index in [0.717, 1.165) is 12.0 Å². The van der Waals surface area contributed by atoms with E-state index in [0.29, 0.717) is 30.6 Å². The number of carbonyl (C=O) groups excluding carboxylic acids is 2. The van der Waals surface area contributed by atoms with Crippen molar-refractivity contribution in [2.75, 3.05) is 7.11 Å². The Kier molecular flexibility index (Phi) is 5.74. The van der Waals surface area contributed by atoms with Crippen molar-refractivity contribution in [2.45, 2.75) is 38.6 Å². The van der Waals surface area contributed by atoms with Gasteiger partial charge in [-0.15, -0.1) is 0 Å². The molecule has 27 heavy (non-hydrogen) atoms. The van der Waals surface area contributed by atoms with E-state index in [9.17, 15) is 14.4 Å². The van der Waals surface area contributed by atoms with Crippen LogP contribution in [-0.2, 0) is 22.4 Å². The van der Waals surface area contributed by atoms with Gasteiger partial charge in [0, 0.05) is 12.5 Å². The van der Waals surface area contributed by atoms with Gasteiger partial charge in [-0.3, -0.25) is 9.59 Å². The van der Waals surface area contributed by atoms with Crippen molar-refractivity contribution in [3.8, 4) is 0 Å². The summed E-state index contributed by atoms with van der Waals surface area (Å²) in [5.74, 6) is -0.339. The minimum Gasteiger partial charge on any atom is -0.469 e. The van der Waals surface area contributed by atoms with Crippen molar-refractivity contribution in [3.05, 3.63) is 69.3 Å². The highest BCUT2D eigenvalue weighted by Crippen LogP contribution is 2.28. The standard InChI is InChI=1S/C21H23NO5/c1-13-10-17(9-8-14-6-4-3-5-7-14)27-21(25)18(13)19(23)22-16-11-15(12-16)20(24)26-2/h3-7,10,15-16H,8-9,11-12H2,1-2H3,(H,22,23). The third-order valence-corrected chi connectivity index (χ3v) is 4.94. The molecule has 6 heteroatoms. The van der Waals surface area contributed by atoms with Crippen LogP contribution in [0.3, 0.4) is 0 Å². The summed E-state index contributed by atoms with van der Waals surface area (Å²) in [6.45, 7) is 1.73. The number of hydrogen-bond acceptors (Lipinski definition) is 5. The maximum atomic E-state index is 12.4. The zero-order valence-corrected chi connectivity index (χ0v) is 15.5. The Labute approximate surface area is 157 Å². The zero-order chi connectivity index (χ0) is 19.4. The molecular weight excluding hydrogens is 346 g/mol. The van der Waals surface area contributed by atoms with Crippen LogP contribution in [0, 0.1) is 12.8 Å². The molecule has 142 valence electrons. The highest BCUT2D eigenvalue weighted by atomic mass is 16.5. The molecule has 1 fully saturated rings. The molecule has 0 radical (unpaired) electrons. The maximum Gasteiger partial charge on any atom is 0.349 e. The molecule has 0 unspecified atom stereocenters. The van der Waals surface area contributed by atoms with Gasteiger partial charge in [-0.05, 0) is 43.4 Å². The van der Waals surface area contributed by atoms with Crippen molar-refractivity contribution in [1.82, 2.24) is 5.32 Å². The first kappa shape index (κ1) is 18.9. The Bertz CT molecular complexity index is 881. The molecule has 0 aliphatic heterocycles. The molecule has 0 atom stereocenters. The summed E-state index contributed by atoms with van der Waals surface area (Å²) in [5, 5.41) is 2.79. The number of amides is 1. The maximum absolute atomic E-state index is 12.4. The minimum absolute atomic E-state index is 0.0278. The first-order valence-corrected chi connectivity index (χ1v) is 9.04. The second-order valence-corrected chi connectivity index (χ2v) is 6.91. The van der Waals surface area contributed by atoms with Crippen LogP contribution in [0.1, 0.15) is 40.1 Å². The average Bonchev–Trinajstić information content (AvgIpc) is 2.62. The van der Waals surface area contributed by atoms with E-state index in [1.54, 1.807) is 13.0 Å². The molecule has 1 amide bonds. The number of rotatable bonds is 6. The van der Waals surface area contributed by atoms with Crippen molar-refractivity contribution in [2.24, 2.45) is 5.92 Å². The monoisotopic (exact) mass is 369 g/mol. The van der Waals surface area contributed by atoms with Gasteiger partial charge in [0.05, 0.1) is 13.0 Å². The van der Waals surface area contributed by atoms with Gasteiger partial charge in [-0.1, -0.05) is 30.3 Å². The van der Waals surface area contributed by atoms with Crippen molar-refractivity contribution < 1.29 is 18.7 Å². The Morgan fingerprint density at radius 2 is 1.89 bits per heavy atom. The number of aryl methyl sites for hydroxylation is 3. The molecule has 1 aromatic carbocycles. The van der Waals surface area contributed by atoms with Crippen LogP contribution in [0.5, 0.6) is 0 Å². The normalized spacial score (nSPS) is 18.4. The van der Waals surface area contributed by atoms with Crippen LogP contribution in [0.15, 0.2) is 45.6 Å². The number of esters is 1. The van der Waals surface area contributed by atoms with E-state index in [2.05, 4.69) is 10.1 Å². The summed E-state index contributed by atoms with van der Waals surface area (Å²) in [6.07, 6.45) is 2.40. The second kappa shape index (κ2) is 8.20. The molecule has 0 spiro atoms. The third-order valence-electron chi connectivity index (χ3n) is 4.94. The molecule has 6 nitrogen and oxygen atoms in total. The lowest BCUT2D eigenvalue weighted by Crippen LogP contribution is -2.48. The van der Waals surface area contributed by atoms with Crippen LogP contribution in [0.2, 0.25) is 0 Å². The van der Waals surface area contributed by atoms with E-state index in [1.807, 2.05) is 30.3 Å². The van der Waals surface area contributed by atoms with E-state index < -0.39 is 11.5 Å². The van der Waals surface area contributed by atoms with E-state index in [1.165, 1.54) is 7.11 Å². The lowest BCUT2D eigenvalue weighted by Gasteiger charge is -2.33. The fourth-order valence-corrected chi connectivity index (χ4v) is 3.33. The molecule has 1 heterocycles. The first-order valence-electron chi connectivity index (χ1n) is 9.04. The highest BCUT2D eigenvalue weighted by molar-refractivity contribution is 5.95. The summed E-state index contributed by atoms with van der Waals surface area (Å²) < 4.78 is 10.0.